The molecule has 0 radical (unpaired) electrons. The molecule has 0 aliphatic carbocycles. The van der Waals surface area contributed by atoms with Crippen LogP contribution in [0.4, 0.5) is 4.79 Å². The highest BCUT2D eigenvalue weighted by Crippen LogP contribution is 2.14. The number of alkyl halides is 1. The largest absolute Gasteiger partial charge is 0.481 e. The SMILES string of the molecule is C/C=C1/NC(=O)[C@H]([C@H](C)O)NC(=O)[C@H](CCN)NC(=O)[C@H](CCCCNC(=O)OCOC(C)=O)NC(=O)[C@H](CC(=O)O)NC(=O)[C@@H](CCN)NC(=O)[C@@H](NC(=O)C[C@@H](O)CCCCCCCCCCC)COC(=O)[C@H]([C@H](O)CCl)NC(=O)[C@H](C(O)C(=O)O)NC1=O. The first-order chi connectivity index (χ1) is 43.0. The van der Waals surface area contributed by atoms with E-state index in [0.29, 0.717) is 6.42 Å². The van der Waals surface area contributed by atoms with Gasteiger partial charge in [0.25, 0.3) is 5.91 Å². The fourth-order valence-corrected chi connectivity index (χ4v) is 8.79. The lowest BCUT2D eigenvalue weighted by Crippen LogP contribution is -2.62. The highest BCUT2D eigenvalue weighted by molar-refractivity contribution is 6.18. The minimum absolute atomic E-state index is 0.0344. The van der Waals surface area contributed by atoms with Gasteiger partial charge in [0.1, 0.15) is 54.6 Å². The molecule has 516 valence electrons. The van der Waals surface area contributed by atoms with Crippen molar-refractivity contribution >= 4 is 94.7 Å². The Morgan fingerprint density at radius 2 is 1.19 bits per heavy atom. The Bertz CT molecular complexity index is 2480. The Balaban J connectivity index is 4.04. The molecule has 0 saturated carbocycles. The van der Waals surface area contributed by atoms with Crippen molar-refractivity contribution in [3.05, 3.63) is 11.8 Å². The van der Waals surface area contributed by atoms with Gasteiger partial charge in [-0.25, -0.2) is 14.4 Å². The van der Waals surface area contributed by atoms with Gasteiger partial charge < -0.3 is 109 Å². The maximum atomic E-state index is 14.2. The third kappa shape index (κ3) is 32.1. The van der Waals surface area contributed by atoms with Gasteiger partial charge in [-0.2, -0.15) is 0 Å². The number of unbranched alkanes of at least 4 members (excludes halogenated alkanes) is 9. The first-order valence-electron chi connectivity index (χ1n) is 29.8. The molecule has 0 aromatic heterocycles. The number of carboxylic acids is 2. The second-order valence-corrected chi connectivity index (χ2v) is 21.5. The highest BCUT2D eigenvalue weighted by Gasteiger charge is 2.41. The van der Waals surface area contributed by atoms with Gasteiger partial charge in [0.15, 0.2) is 12.1 Å². The van der Waals surface area contributed by atoms with Gasteiger partial charge >= 0.3 is 30.0 Å². The smallest absolute Gasteiger partial charge is 0.410 e. The summed E-state index contributed by atoms with van der Waals surface area (Å²) in [6.45, 7) is 2.50. The number of carbonyl (C=O) groups is 14. The minimum Gasteiger partial charge on any atom is -0.481 e. The quantitative estimate of drug-likeness (QED) is 0.0102. The molecule has 1 heterocycles. The Labute approximate surface area is 530 Å². The van der Waals surface area contributed by atoms with Crippen LogP contribution in [0.3, 0.4) is 0 Å². The molecule has 20 N–H and O–H groups in total. The summed E-state index contributed by atoms with van der Waals surface area (Å²) in [7, 11) is 0. The van der Waals surface area contributed by atoms with Crippen molar-refractivity contribution in [1.29, 1.82) is 0 Å². The molecule has 1 unspecified atom stereocenters. The molecule has 0 aromatic rings. The molecule has 0 spiro atoms. The number of amides is 10. The zero-order valence-corrected chi connectivity index (χ0v) is 52.2. The number of allylic oxidation sites excluding steroid dienone is 1. The molecule has 1 rings (SSSR count). The predicted octanol–water partition coefficient (Wildman–Crippen LogP) is -4.87. The molecular formula is C55H91ClN12O23. The van der Waals surface area contributed by atoms with Gasteiger partial charge in [-0.05, 0) is 65.5 Å². The zero-order valence-electron chi connectivity index (χ0n) is 51.4. The number of carboxylic acid groups (broad SMARTS) is 2. The van der Waals surface area contributed by atoms with Crippen LogP contribution in [0.25, 0.3) is 0 Å². The van der Waals surface area contributed by atoms with Crippen LogP contribution >= 0.6 is 11.6 Å². The van der Waals surface area contributed by atoms with Crippen molar-refractivity contribution < 1.29 is 112 Å². The number of aliphatic carboxylic acids is 2. The number of alkyl carbamates (subject to hydrolysis) is 1. The van der Waals surface area contributed by atoms with Crippen LogP contribution in [0.15, 0.2) is 11.8 Å². The predicted molar refractivity (Wildman–Crippen MR) is 317 cm³/mol. The third-order valence-electron chi connectivity index (χ3n) is 13.7. The van der Waals surface area contributed by atoms with Gasteiger partial charge in [0, 0.05) is 13.5 Å². The van der Waals surface area contributed by atoms with Crippen LogP contribution < -0.4 is 64.6 Å². The molecule has 0 bridgehead atoms. The minimum atomic E-state index is -2.86. The molecule has 1 aliphatic heterocycles. The molecule has 1 aliphatic rings. The van der Waals surface area contributed by atoms with Crippen LogP contribution in [0, 0.1) is 0 Å². The zero-order chi connectivity index (χ0) is 68.8. The second-order valence-electron chi connectivity index (χ2n) is 21.2. The average molecular weight is 1320 g/mol. The van der Waals surface area contributed by atoms with Crippen LogP contribution in [0.2, 0.25) is 0 Å². The summed E-state index contributed by atoms with van der Waals surface area (Å²) in [6.07, 6.45) is -2.59. The number of esters is 2. The number of ether oxygens (including phenoxy) is 3. The fraction of sp³-hybridized carbons (Fsp3) is 0.709. The van der Waals surface area contributed by atoms with Crippen LogP contribution in [0.5, 0.6) is 0 Å². The standard InChI is InChI=1S/C55H91ClN12O23/c1-5-7-8-9-10-11-12-13-14-17-31(71)24-39(73)60-37-27-89-54(87)42(38(72)26-56)67-52(84)43(44(76)53(85)86)68-45(77)32(6-2)61-51(83)41(29(3)69)66-48(80)35(20-22-58)63-46(78)33(18-15-16-23-59-55(88)91-28-90-30(4)70)62-49(81)36(25-40(74)75)65-47(79)34(19-21-57)64-50(37)82/h6,29,31,33-38,41-44,69,71-72,76H,5,7-28,57-58H2,1-4H3,(H,59,88)(H,60,73)(H,61,83)(H,62,81)(H,63,78)(H,64,82)(H,65,79)(H,66,80)(H,67,84)(H,68,77)(H,74,75)(H,85,86)/b32-6+/t29-,31-,33-,34+,35-,36-,37-,38+,41-,42-,43-,44?/m0/s1. The van der Waals surface area contributed by atoms with Crippen molar-refractivity contribution in [3.63, 3.8) is 0 Å². The van der Waals surface area contributed by atoms with E-state index in [0.717, 1.165) is 78.2 Å². The van der Waals surface area contributed by atoms with E-state index < -0.39 is 213 Å². The lowest BCUT2D eigenvalue weighted by atomic mass is 10.0. The van der Waals surface area contributed by atoms with Crippen molar-refractivity contribution in [2.45, 2.75) is 210 Å². The highest BCUT2D eigenvalue weighted by atomic mass is 35.5. The van der Waals surface area contributed by atoms with Gasteiger partial charge in [0.05, 0.1) is 37.0 Å². The van der Waals surface area contributed by atoms with E-state index in [2.05, 4.69) is 54.2 Å². The molecule has 0 aromatic carbocycles. The van der Waals surface area contributed by atoms with Gasteiger partial charge in [-0.15, -0.1) is 11.6 Å². The van der Waals surface area contributed by atoms with E-state index in [9.17, 15) is 97.8 Å². The topological polar surface area (TPSA) is 560 Å². The maximum Gasteiger partial charge on any atom is 0.410 e. The summed E-state index contributed by atoms with van der Waals surface area (Å²) in [4.78, 5) is 187. The number of nitrogens with two attached hydrogens (primary N) is 2. The average Bonchev–Trinajstić information content (AvgIpc) is 2.27. The fourth-order valence-electron chi connectivity index (χ4n) is 8.62. The van der Waals surface area contributed by atoms with Crippen LogP contribution in [0.1, 0.15) is 137 Å². The Morgan fingerprint density at radius 1 is 0.659 bits per heavy atom. The molecule has 91 heavy (non-hydrogen) atoms. The van der Waals surface area contributed by atoms with Crippen molar-refractivity contribution in [3.8, 4) is 0 Å². The molecule has 1 saturated heterocycles. The van der Waals surface area contributed by atoms with Gasteiger partial charge in [-0.3, -0.25) is 52.7 Å². The van der Waals surface area contributed by atoms with E-state index in [-0.39, 0.29) is 38.8 Å². The summed E-state index contributed by atoms with van der Waals surface area (Å²) in [5.74, 6) is -19.1. The van der Waals surface area contributed by atoms with E-state index in [1.807, 2.05) is 10.6 Å². The van der Waals surface area contributed by atoms with Crippen LogP contribution in [-0.4, -0.2) is 225 Å². The van der Waals surface area contributed by atoms with Crippen LogP contribution in [-0.2, 0) is 76.5 Å². The number of nitrogens with one attached hydrogen (secondary N) is 10. The number of rotatable bonds is 31. The number of hydrogen-bond acceptors (Lipinski definition) is 23. The summed E-state index contributed by atoms with van der Waals surface area (Å²) < 4.78 is 14.5. The number of aliphatic hydroxyl groups is 4. The lowest BCUT2D eigenvalue weighted by Gasteiger charge is -2.28. The third-order valence-corrected chi connectivity index (χ3v) is 14.0. The number of carbonyl (C=O) groups excluding carboxylic acids is 12. The van der Waals surface area contributed by atoms with E-state index in [1.54, 1.807) is 0 Å². The lowest BCUT2D eigenvalue weighted by molar-refractivity contribution is -0.155. The second kappa shape index (κ2) is 44.6. The van der Waals surface area contributed by atoms with E-state index in [4.69, 9.17) is 32.5 Å². The van der Waals surface area contributed by atoms with Crippen molar-refractivity contribution in [2.24, 2.45) is 11.5 Å². The molecule has 10 amide bonds. The first-order valence-corrected chi connectivity index (χ1v) is 30.3. The van der Waals surface area contributed by atoms with Gasteiger partial charge in [-0.1, -0.05) is 70.8 Å². The number of cyclic esters (lactones) is 1. The summed E-state index contributed by atoms with van der Waals surface area (Å²) in [5, 5.41) is 84.6. The molecule has 12 atom stereocenters. The monoisotopic (exact) mass is 1320 g/mol. The van der Waals surface area contributed by atoms with E-state index in [1.165, 1.54) is 0 Å². The van der Waals surface area contributed by atoms with Crippen molar-refractivity contribution in [1.82, 2.24) is 53.2 Å². The molecular weight excluding hydrogens is 1230 g/mol. The summed E-state index contributed by atoms with van der Waals surface area (Å²) in [6, 6.07) is -16.4. The Morgan fingerprint density at radius 3 is 1.71 bits per heavy atom. The number of halogens is 1. The first kappa shape index (κ1) is 81.2. The number of aliphatic hydroxyl groups excluding tert-OH is 4. The molecule has 36 heteroatoms. The van der Waals surface area contributed by atoms with E-state index >= 15 is 0 Å². The number of hydrogen-bond donors (Lipinski definition) is 18. The summed E-state index contributed by atoms with van der Waals surface area (Å²) >= 11 is 5.87. The Kier molecular flexibility index (Phi) is 39.8. The van der Waals surface area contributed by atoms with Gasteiger partial charge in [0.2, 0.25) is 54.1 Å². The summed E-state index contributed by atoms with van der Waals surface area (Å²) in [5.41, 5.74) is 10.8. The Hall–Kier alpha value is -7.83. The molecule has 35 nitrogen and oxygen atoms in total. The molecule has 1 fully saturated rings. The van der Waals surface area contributed by atoms with Crippen molar-refractivity contribution in [2.75, 3.05) is 38.9 Å². The maximum absolute atomic E-state index is 14.2. The normalized spacial score (nSPS) is 23.2.